The fraction of sp³-hybridized carbons (Fsp3) is 0.500. The number of anilines is 1. The number of hydrogen-bond donors (Lipinski definition) is 0. The van der Waals surface area contributed by atoms with E-state index < -0.39 is 6.36 Å². The van der Waals surface area contributed by atoms with Crippen LogP contribution in [0.2, 0.25) is 0 Å². The van der Waals surface area contributed by atoms with Gasteiger partial charge >= 0.3 is 6.36 Å². The number of halogens is 4. The van der Waals surface area contributed by atoms with Crippen LogP contribution in [0, 0.1) is 0 Å². The van der Waals surface area contributed by atoms with Gasteiger partial charge in [-0.05, 0) is 49.7 Å². The summed E-state index contributed by atoms with van der Waals surface area (Å²) in [6.07, 6.45) is -0.891. The van der Waals surface area contributed by atoms with E-state index in [0.717, 1.165) is 25.5 Å². The molecule has 8 heteroatoms. The first kappa shape index (κ1) is 19.0. The highest BCUT2D eigenvalue weighted by molar-refractivity contribution is 5.85. The van der Waals surface area contributed by atoms with E-state index in [9.17, 15) is 13.2 Å². The Morgan fingerprint density at radius 2 is 1.88 bits per heavy atom. The first-order valence-corrected chi connectivity index (χ1v) is 8.63. The molecule has 1 atom stereocenters. The molecule has 0 spiro atoms. The largest absolute Gasteiger partial charge is 0.573 e. The van der Waals surface area contributed by atoms with Crippen LogP contribution in [-0.2, 0) is 0 Å². The summed E-state index contributed by atoms with van der Waals surface area (Å²) in [7, 11) is 0. The van der Waals surface area contributed by atoms with Crippen molar-refractivity contribution in [3.05, 3.63) is 30.3 Å². The summed E-state index contributed by atoms with van der Waals surface area (Å²) in [5.41, 5.74) is 0.679. The minimum Gasteiger partial charge on any atom is -0.406 e. The van der Waals surface area contributed by atoms with Gasteiger partial charge in [0.2, 0.25) is 0 Å². The van der Waals surface area contributed by atoms with E-state index in [1.54, 1.807) is 6.07 Å². The van der Waals surface area contributed by atoms with Gasteiger partial charge in [-0.1, -0.05) is 6.42 Å². The average molecular weight is 388 g/mol. The molecule has 0 N–H and O–H groups in total. The standard InChI is InChI=1S/C18H20F3N3O.ClH/c19-18(20,21)25-15-5-6-16-13(11-15)4-7-17(22-16)24-10-9-23-8-2-1-3-14(23)12-24;/h4-7,11,14H,1-3,8-10,12H2;1H/t14-;/m1./s1. The van der Waals surface area contributed by atoms with Crippen LogP contribution in [0.15, 0.2) is 30.3 Å². The first-order chi connectivity index (χ1) is 12.0. The van der Waals surface area contributed by atoms with E-state index in [4.69, 9.17) is 0 Å². The minimum absolute atomic E-state index is 0. The van der Waals surface area contributed by atoms with E-state index in [2.05, 4.69) is 19.5 Å². The van der Waals surface area contributed by atoms with Crippen molar-refractivity contribution in [2.45, 2.75) is 31.7 Å². The molecule has 0 unspecified atom stereocenters. The van der Waals surface area contributed by atoms with E-state index in [1.165, 1.54) is 37.9 Å². The van der Waals surface area contributed by atoms with Crippen molar-refractivity contribution in [1.29, 1.82) is 0 Å². The molecule has 1 aromatic carbocycles. The molecule has 2 fully saturated rings. The van der Waals surface area contributed by atoms with Crippen LogP contribution in [0.25, 0.3) is 10.9 Å². The molecule has 2 aliphatic rings. The summed E-state index contributed by atoms with van der Waals surface area (Å²) < 4.78 is 41.0. The summed E-state index contributed by atoms with van der Waals surface area (Å²) in [5.74, 6) is 0.674. The highest BCUT2D eigenvalue weighted by atomic mass is 35.5. The zero-order valence-corrected chi connectivity index (χ0v) is 15.0. The maximum absolute atomic E-state index is 12.3. The number of aromatic nitrogens is 1. The van der Waals surface area contributed by atoms with Crippen LogP contribution in [-0.4, -0.2) is 48.5 Å². The van der Waals surface area contributed by atoms with E-state index in [1.807, 2.05) is 12.1 Å². The summed E-state index contributed by atoms with van der Waals surface area (Å²) in [5, 5.41) is 0.641. The number of pyridine rings is 1. The number of ether oxygens (including phenoxy) is 1. The predicted molar refractivity (Wildman–Crippen MR) is 97.1 cm³/mol. The molecule has 0 bridgehead atoms. The van der Waals surface area contributed by atoms with Crippen molar-refractivity contribution in [1.82, 2.24) is 9.88 Å². The van der Waals surface area contributed by atoms with Gasteiger partial charge in [-0.3, -0.25) is 4.90 Å². The summed E-state index contributed by atoms with van der Waals surface area (Å²) >= 11 is 0. The van der Waals surface area contributed by atoms with Gasteiger partial charge in [0.1, 0.15) is 11.6 Å². The Bertz CT molecular complexity index is 771. The third-order valence-electron chi connectivity index (χ3n) is 5.04. The number of nitrogens with zero attached hydrogens (tertiary/aromatic N) is 3. The van der Waals surface area contributed by atoms with Gasteiger partial charge in [0.15, 0.2) is 0 Å². The van der Waals surface area contributed by atoms with Crippen molar-refractivity contribution in [3.8, 4) is 5.75 Å². The lowest BCUT2D eigenvalue weighted by atomic mass is 9.99. The number of piperidine rings is 1. The van der Waals surface area contributed by atoms with Crippen LogP contribution in [0.5, 0.6) is 5.75 Å². The van der Waals surface area contributed by atoms with Gasteiger partial charge in [-0.2, -0.15) is 0 Å². The van der Waals surface area contributed by atoms with Gasteiger partial charge in [-0.15, -0.1) is 25.6 Å². The molecule has 0 amide bonds. The Hall–Kier alpha value is -1.73. The van der Waals surface area contributed by atoms with Crippen LogP contribution < -0.4 is 9.64 Å². The number of piperazine rings is 1. The Morgan fingerprint density at radius 3 is 2.69 bits per heavy atom. The second kappa shape index (κ2) is 7.48. The molecular formula is C18H21ClF3N3O. The topological polar surface area (TPSA) is 28.6 Å². The Labute approximate surface area is 156 Å². The van der Waals surface area contributed by atoms with Gasteiger partial charge < -0.3 is 9.64 Å². The minimum atomic E-state index is -4.68. The average Bonchev–Trinajstić information content (AvgIpc) is 2.59. The zero-order chi connectivity index (χ0) is 17.4. The normalized spacial score (nSPS) is 21.2. The monoisotopic (exact) mass is 387 g/mol. The molecule has 26 heavy (non-hydrogen) atoms. The number of hydrogen-bond acceptors (Lipinski definition) is 4. The quantitative estimate of drug-likeness (QED) is 0.771. The fourth-order valence-electron chi connectivity index (χ4n) is 3.83. The van der Waals surface area contributed by atoms with Gasteiger partial charge in [-0.25, -0.2) is 4.98 Å². The smallest absolute Gasteiger partial charge is 0.406 e. The molecule has 2 aromatic rings. The molecule has 142 valence electrons. The van der Waals surface area contributed by atoms with Crippen molar-refractivity contribution < 1.29 is 17.9 Å². The van der Waals surface area contributed by atoms with E-state index >= 15 is 0 Å². The summed E-state index contributed by atoms with van der Waals surface area (Å²) in [6.45, 7) is 4.13. The SMILES string of the molecule is Cl.FC(F)(F)Oc1ccc2nc(N3CCN4CCCC[C@@H]4C3)ccc2c1. The van der Waals surface area contributed by atoms with Crippen molar-refractivity contribution in [3.63, 3.8) is 0 Å². The number of benzene rings is 1. The Morgan fingerprint density at radius 1 is 1.04 bits per heavy atom. The van der Waals surface area contributed by atoms with Crippen LogP contribution in [0.1, 0.15) is 19.3 Å². The molecule has 0 aliphatic carbocycles. The molecule has 3 heterocycles. The second-order valence-electron chi connectivity index (χ2n) is 6.70. The molecular weight excluding hydrogens is 367 g/mol. The number of rotatable bonds is 2. The van der Waals surface area contributed by atoms with Crippen LogP contribution >= 0.6 is 12.4 Å². The van der Waals surface area contributed by atoms with Gasteiger partial charge in [0.05, 0.1) is 5.52 Å². The van der Waals surface area contributed by atoms with Crippen molar-refractivity contribution >= 4 is 29.1 Å². The second-order valence-corrected chi connectivity index (χ2v) is 6.70. The van der Waals surface area contributed by atoms with Gasteiger partial charge in [0, 0.05) is 31.1 Å². The lowest BCUT2D eigenvalue weighted by molar-refractivity contribution is -0.274. The molecule has 2 aliphatic heterocycles. The van der Waals surface area contributed by atoms with Crippen LogP contribution in [0.4, 0.5) is 19.0 Å². The summed E-state index contributed by atoms with van der Waals surface area (Å²) in [4.78, 5) is 9.49. The highest BCUT2D eigenvalue weighted by Gasteiger charge is 2.31. The molecule has 0 saturated carbocycles. The fourth-order valence-corrected chi connectivity index (χ4v) is 3.83. The zero-order valence-electron chi connectivity index (χ0n) is 14.2. The van der Waals surface area contributed by atoms with E-state index in [0.29, 0.717) is 16.9 Å². The number of fused-ring (bicyclic) bond motifs is 2. The molecule has 4 rings (SSSR count). The predicted octanol–water partition coefficient (Wildman–Crippen LogP) is 4.23. The van der Waals surface area contributed by atoms with E-state index in [-0.39, 0.29) is 18.2 Å². The van der Waals surface area contributed by atoms with Crippen molar-refractivity contribution in [2.75, 3.05) is 31.1 Å². The third-order valence-corrected chi connectivity index (χ3v) is 5.04. The molecule has 0 radical (unpaired) electrons. The Kier molecular flexibility index (Phi) is 5.48. The maximum atomic E-state index is 12.3. The lowest BCUT2D eigenvalue weighted by Gasteiger charge is -2.44. The van der Waals surface area contributed by atoms with Gasteiger partial charge in [0.25, 0.3) is 0 Å². The molecule has 2 saturated heterocycles. The Balaban J connectivity index is 0.00000196. The first-order valence-electron chi connectivity index (χ1n) is 8.63. The lowest BCUT2D eigenvalue weighted by Crippen LogP contribution is -2.55. The summed E-state index contributed by atoms with van der Waals surface area (Å²) in [6, 6.07) is 8.55. The maximum Gasteiger partial charge on any atom is 0.573 e. The molecule has 1 aromatic heterocycles. The highest BCUT2D eigenvalue weighted by Crippen LogP contribution is 2.28. The third kappa shape index (κ3) is 4.15. The number of alkyl halides is 3. The van der Waals surface area contributed by atoms with Crippen LogP contribution in [0.3, 0.4) is 0 Å². The van der Waals surface area contributed by atoms with Crippen molar-refractivity contribution in [2.24, 2.45) is 0 Å². The molecule has 4 nitrogen and oxygen atoms in total.